The molecule has 0 saturated heterocycles. The number of anilines is 1. The van der Waals surface area contributed by atoms with Crippen LogP contribution in [0.25, 0.3) is 0 Å². The van der Waals surface area contributed by atoms with Gasteiger partial charge in [-0.25, -0.2) is 0 Å². The molecule has 0 unspecified atom stereocenters. The Morgan fingerprint density at radius 2 is 1.84 bits per heavy atom. The molecule has 0 heterocycles. The molecule has 0 aliphatic rings. The molecule has 2 aromatic carbocycles. The number of hydrogen-bond acceptors (Lipinski definition) is 3. The zero-order valence-electron chi connectivity index (χ0n) is 13.4. The van der Waals surface area contributed by atoms with Gasteiger partial charge in [-0.2, -0.15) is 18.4 Å². The Morgan fingerprint density at radius 1 is 1.16 bits per heavy atom. The van der Waals surface area contributed by atoms with Crippen LogP contribution in [-0.2, 0) is 12.6 Å². The van der Waals surface area contributed by atoms with Crippen molar-refractivity contribution in [2.24, 2.45) is 0 Å². The molecule has 130 valence electrons. The normalized spacial score (nSPS) is 10.8. The number of benzene rings is 2. The Labute approximate surface area is 143 Å². The summed E-state index contributed by atoms with van der Waals surface area (Å²) >= 11 is 0. The van der Waals surface area contributed by atoms with Crippen LogP contribution in [-0.4, -0.2) is 5.91 Å². The average molecular weight is 347 g/mol. The van der Waals surface area contributed by atoms with Crippen LogP contribution in [0.4, 0.5) is 18.9 Å². The summed E-state index contributed by atoms with van der Waals surface area (Å²) in [5.41, 5.74) is 4.47. The quantitative estimate of drug-likeness (QED) is 0.793. The maximum Gasteiger partial charge on any atom is 0.418 e. The molecule has 0 aliphatic heterocycles. The second-order valence-electron chi connectivity index (χ2n) is 5.40. The molecule has 25 heavy (non-hydrogen) atoms. The highest BCUT2D eigenvalue weighted by atomic mass is 19.4. The lowest BCUT2D eigenvalue weighted by atomic mass is 10.1. The molecule has 0 spiro atoms. The number of halogens is 3. The van der Waals surface area contributed by atoms with Crippen molar-refractivity contribution in [3.8, 4) is 6.07 Å². The van der Waals surface area contributed by atoms with Gasteiger partial charge in [0.2, 0.25) is 0 Å². The van der Waals surface area contributed by atoms with Gasteiger partial charge >= 0.3 is 6.18 Å². The van der Waals surface area contributed by atoms with Gasteiger partial charge in [-0.1, -0.05) is 25.5 Å². The highest BCUT2D eigenvalue weighted by molar-refractivity contribution is 5.95. The van der Waals surface area contributed by atoms with Crippen molar-refractivity contribution < 1.29 is 18.0 Å². The van der Waals surface area contributed by atoms with Crippen molar-refractivity contribution in [2.75, 3.05) is 5.43 Å². The van der Waals surface area contributed by atoms with Crippen molar-refractivity contribution in [1.29, 1.82) is 5.26 Å². The van der Waals surface area contributed by atoms with Crippen LogP contribution in [0.5, 0.6) is 0 Å². The number of nitrogens with zero attached hydrogens (tertiary/aromatic N) is 1. The molecule has 2 N–H and O–H groups in total. The van der Waals surface area contributed by atoms with Crippen LogP contribution in [0.3, 0.4) is 0 Å². The third-order valence-corrected chi connectivity index (χ3v) is 3.52. The molecule has 1 amide bonds. The fourth-order valence-electron chi connectivity index (χ4n) is 2.27. The molecule has 0 radical (unpaired) electrons. The number of hydrazine groups is 1. The third-order valence-electron chi connectivity index (χ3n) is 3.52. The van der Waals surface area contributed by atoms with E-state index in [0.29, 0.717) is 5.56 Å². The summed E-state index contributed by atoms with van der Waals surface area (Å²) in [7, 11) is 0. The first-order valence-corrected chi connectivity index (χ1v) is 7.61. The highest BCUT2D eigenvalue weighted by Gasteiger charge is 2.34. The highest BCUT2D eigenvalue weighted by Crippen LogP contribution is 2.35. The summed E-state index contributed by atoms with van der Waals surface area (Å²) in [6, 6.07) is 11.6. The van der Waals surface area contributed by atoms with Gasteiger partial charge in [-0.3, -0.25) is 15.6 Å². The van der Waals surface area contributed by atoms with Crippen LogP contribution in [0, 0.1) is 11.3 Å². The van der Waals surface area contributed by atoms with Crippen LogP contribution >= 0.6 is 0 Å². The maximum absolute atomic E-state index is 13.1. The fourth-order valence-corrected chi connectivity index (χ4v) is 2.27. The minimum Gasteiger partial charge on any atom is -0.298 e. The number of rotatable bonds is 5. The maximum atomic E-state index is 13.1. The molecule has 2 aromatic rings. The Hall–Kier alpha value is -3.01. The number of alkyl halides is 3. The minimum atomic E-state index is -4.65. The van der Waals surface area contributed by atoms with Crippen LogP contribution < -0.4 is 10.9 Å². The average Bonchev–Trinajstić information content (AvgIpc) is 2.59. The molecule has 0 aromatic heterocycles. The number of carbonyl (C=O) groups excluding carboxylic acids is 1. The largest absolute Gasteiger partial charge is 0.418 e. The first-order chi connectivity index (χ1) is 11.8. The van der Waals surface area contributed by atoms with Gasteiger partial charge in [0.15, 0.2) is 0 Å². The van der Waals surface area contributed by atoms with Gasteiger partial charge in [-0.15, -0.1) is 0 Å². The molecule has 0 fully saturated rings. The van der Waals surface area contributed by atoms with Crippen molar-refractivity contribution in [2.45, 2.75) is 25.9 Å². The van der Waals surface area contributed by atoms with Crippen LogP contribution in [0.2, 0.25) is 0 Å². The SMILES string of the molecule is CCCc1ccc(C(=O)NNc2ccc(C#N)cc2C(F)(F)F)cc1. The van der Waals surface area contributed by atoms with E-state index in [9.17, 15) is 18.0 Å². The summed E-state index contributed by atoms with van der Waals surface area (Å²) in [4.78, 5) is 12.1. The van der Waals surface area contributed by atoms with E-state index in [4.69, 9.17) is 5.26 Å². The zero-order chi connectivity index (χ0) is 18.4. The van der Waals surface area contributed by atoms with Gasteiger partial charge in [0.25, 0.3) is 5.91 Å². The Balaban J connectivity index is 2.13. The third kappa shape index (κ3) is 4.73. The van der Waals surface area contributed by atoms with E-state index >= 15 is 0 Å². The molecule has 0 aliphatic carbocycles. The summed E-state index contributed by atoms with van der Waals surface area (Å²) in [5, 5.41) is 8.74. The topological polar surface area (TPSA) is 64.9 Å². The molecular formula is C18H16F3N3O. The predicted octanol–water partition coefficient (Wildman–Crippen LogP) is 4.29. The lowest BCUT2D eigenvalue weighted by Crippen LogP contribution is -2.30. The van der Waals surface area contributed by atoms with Crippen molar-refractivity contribution >= 4 is 11.6 Å². The van der Waals surface area contributed by atoms with E-state index < -0.39 is 17.6 Å². The van der Waals surface area contributed by atoms with Crippen molar-refractivity contribution in [3.05, 3.63) is 64.7 Å². The second kappa shape index (κ2) is 7.71. The molecule has 0 saturated carbocycles. The number of carbonyl (C=O) groups is 1. The van der Waals surface area contributed by atoms with Gasteiger partial charge in [-0.05, 0) is 42.3 Å². The van der Waals surface area contributed by atoms with Crippen molar-refractivity contribution in [1.82, 2.24) is 5.43 Å². The smallest absolute Gasteiger partial charge is 0.298 e. The summed E-state index contributed by atoms with van der Waals surface area (Å²) in [6.07, 6.45) is -2.78. The van der Waals surface area contributed by atoms with E-state index in [2.05, 4.69) is 10.9 Å². The first kappa shape index (κ1) is 18.3. The van der Waals surface area contributed by atoms with Crippen LogP contribution in [0.1, 0.15) is 40.4 Å². The fraction of sp³-hybridized carbons (Fsp3) is 0.222. The lowest BCUT2D eigenvalue weighted by molar-refractivity contribution is -0.137. The molecule has 2 rings (SSSR count). The van der Waals surface area contributed by atoms with Gasteiger partial charge in [0.05, 0.1) is 22.9 Å². The monoisotopic (exact) mass is 347 g/mol. The molecule has 0 bridgehead atoms. The zero-order valence-corrected chi connectivity index (χ0v) is 13.4. The molecule has 7 heteroatoms. The van der Waals surface area contributed by atoms with Gasteiger partial charge in [0, 0.05) is 5.56 Å². The summed E-state index contributed by atoms with van der Waals surface area (Å²) < 4.78 is 39.2. The minimum absolute atomic E-state index is 0.115. The second-order valence-corrected chi connectivity index (χ2v) is 5.40. The predicted molar refractivity (Wildman–Crippen MR) is 87.7 cm³/mol. The first-order valence-electron chi connectivity index (χ1n) is 7.61. The van der Waals surface area contributed by atoms with Gasteiger partial charge < -0.3 is 0 Å². The standard InChI is InChI=1S/C18H16F3N3O/c1-2-3-12-4-7-14(8-5-12)17(25)24-23-16-9-6-13(11-22)10-15(16)18(19,20)21/h4-10,23H,2-3H2,1H3,(H,24,25). The van der Waals surface area contributed by atoms with E-state index in [1.54, 1.807) is 30.3 Å². The van der Waals surface area contributed by atoms with E-state index in [0.717, 1.165) is 30.5 Å². The molecular weight excluding hydrogens is 331 g/mol. The molecule has 4 nitrogen and oxygen atoms in total. The summed E-state index contributed by atoms with van der Waals surface area (Å²) in [6.45, 7) is 2.04. The van der Waals surface area contributed by atoms with Gasteiger partial charge in [0.1, 0.15) is 0 Å². The number of amides is 1. The summed E-state index contributed by atoms with van der Waals surface area (Å²) in [5.74, 6) is -0.555. The Morgan fingerprint density at radius 3 is 2.40 bits per heavy atom. The van der Waals surface area contributed by atoms with Crippen molar-refractivity contribution in [3.63, 3.8) is 0 Å². The number of nitrogens with one attached hydrogen (secondary N) is 2. The van der Waals surface area contributed by atoms with Crippen LogP contribution in [0.15, 0.2) is 42.5 Å². The Bertz CT molecular complexity index is 793. The van der Waals surface area contributed by atoms with E-state index in [1.807, 2.05) is 6.92 Å². The Kier molecular flexibility index (Phi) is 5.65. The lowest BCUT2D eigenvalue weighted by Gasteiger charge is -2.15. The van der Waals surface area contributed by atoms with E-state index in [1.165, 1.54) is 6.07 Å². The molecule has 0 atom stereocenters. The number of nitriles is 1. The van der Waals surface area contributed by atoms with E-state index in [-0.39, 0.29) is 11.3 Å². The number of hydrogen-bond donors (Lipinski definition) is 2. The number of aryl methyl sites for hydroxylation is 1.